The molecule has 0 aliphatic heterocycles. The molecule has 0 heterocycles. The van der Waals surface area contributed by atoms with Crippen molar-refractivity contribution in [1.29, 1.82) is 0 Å². The van der Waals surface area contributed by atoms with Crippen molar-refractivity contribution in [2.45, 2.75) is 36.7 Å². The molecule has 2 rings (SSSR count). The van der Waals surface area contributed by atoms with Crippen LogP contribution in [-0.4, -0.2) is 33.5 Å². The van der Waals surface area contributed by atoms with Crippen LogP contribution in [0.15, 0.2) is 23.1 Å². The summed E-state index contributed by atoms with van der Waals surface area (Å²) in [5.41, 5.74) is 6.63. The summed E-state index contributed by atoms with van der Waals surface area (Å²) in [7, 11) is -2.21. The lowest BCUT2D eigenvalue weighted by atomic mass is 10.2. The topological polar surface area (TPSA) is 113 Å². The molecule has 1 fully saturated rings. The minimum absolute atomic E-state index is 0.0940. The second-order valence-corrected chi connectivity index (χ2v) is 6.99. The molecule has 0 spiro atoms. The quantitative estimate of drug-likeness (QED) is 0.563. The zero-order valence-corrected chi connectivity index (χ0v) is 12.8. The number of hydrogen-bond donors (Lipinski definition) is 4. The molecule has 0 aromatic heterocycles. The standard InChI is InChI=1S/C13H20N4O3S/c1-8(13(18)17-9-3-4-9)16-12-7-10(5-6-11(12)14)21(19,20)15-2/h5-9,15-16H,3-4,14H2,1-2H3,(H,17,18). The highest BCUT2D eigenvalue weighted by atomic mass is 32.2. The number of anilines is 2. The van der Waals surface area contributed by atoms with E-state index in [0.717, 1.165) is 12.8 Å². The van der Waals surface area contributed by atoms with Crippen molar-refractivity contribution in [3.05, 3.63) is 18.2 Å². The van der Waals surface area contributed by atoms with E-state index in [0.29, 0.717) is 11.4 Å². The van der Waals surface area contributed by atoms with E-state index in [1.54, 1.807) is 6.92 Å². The second-order valence-electron chi connectivity index (χ2n) is 5.11. The van der Waals surface area contributed by atoms with Crippen molar-refractivity contribution >= 4 is 27.3 Å². The number of carbonyl (C=O) groups is 1. The van der Waals surface area contributed by atoms with Gasteiger partial charge in [0.05, 0.1) is 16.3 Å². The fourth-order valence-electron chi connectivity index (χ4n) is 1.80. The van der Waals surface area contributed by atoms with Gasteiger partial charge in [0.1, 0.15) is 6.04 Å². The smallest absolute Gasteiger partial charge is 0.242 e. The highest BCUT2D eigenvalue weighted by Crippen LogP contribution is 2.24. The normalized spacial score (nSPS) is 16.3. The fraction of sp³-hybridized carbons (Fsp3) is 0.462. The zero-order valence-electron chi connectivity index (χ0n) is 12.0. The number of nitrogens with two attached hydrogens (primary N) is 1. The monoisotopic (exact) mass is 312 g/mol. The van der Waals surface area contributed by atoms with Crippen LogP contribution in [-0.2, 0) is 14.8 Å². The molecule has 1 atom stereocenters. The first-order chi connectivity index (χ1) is 9.83. The van der Waals surface area contributed by atoms with E-state index in [9.17, 15) is 13.2 Å². The predicted octanol–water partition coefficient (Wildman–Crippen LogP) is 0.256. The summed E-state index contributed by atoms with van der Waals surface area (Å²) in [4.78, 5) is 12.0. The predicted molar refractivity (Wildman–Crippen MR) is 81.3 cm³/mol. The molecule has 5 N–H and O–H groups in total. The molecule has 21 heavy (non-hydrogen) atoms. The number of carbonyl (C=O) groups excluding carboxylic acids is 1. The molecule has 116 valence electrons. The molecule has 1 aliphatic carbocycles. The van der Waals surface area contributed by atoms with Gasteiger partial charge in [0.2, 0.25) is 15.9 Å². The Labute approximate surface area is 124 Å². The van der Waals surface area contributed by atoms with E-state index in [4.69, 9.17) is 5.73 Å². The van der Waals surface area contributed by atoms with Gasteiger partial charge in [0, 0.05) is 6.04 Å². The van der Waals surface area contributed by atoms with E-state index >= 15 is 0 Å². The summed E-state index contributed by atoms with van der Waals surface area (Å²) in [6.45, 7) is 1.70. The first kappa shape index (κ1) is 15.6. The molecule has 1 unspecified atom stereocenters. The number of sulfonamides is 1. The Kier molecular flexibility index (Phi) is 4.38. The number of amides is 1. The molecular weight excluding hydrogens is 292 g/mol. The van der Waals surface area contributed by atoms with Crippen molar-refractivity contribution in [2.24, 2.45) is 0 Å². The summed E-state index contributed by atoms with van der Waals surface area (Å²) in [5.74, 6) is -0.126. The molecule has 0 radical (unpaired) electrons. The lowest BCUT2D eigenvalue weighted by Crippen LogP contribution is -2.38. The average Bonchev–Trinajstić information content (AvgIpc) is 3.24. The summed E-state index contributed by atoms with van der Waals surface area (Å²) in [6.07, 6.45) is 2.02. The first-order valence-electron chi connectivity index (χ1n) is 6.73. The van der Waals surface area contributed by atoms with Gasteiger partial charge in [-0.05, 0) is 45.0 Å². The molecule has 0 saturated heterocycles. The largest absolute Gasteiger partial charge is 0.397 e. The van der Waals surface area contributed by atoms with Crippen LogP contribution in [0.1, 0.15) is 19.8 Å². The Morgan fingerprint density at radius 3 is 2.62 bits per heavy atom. The Morgan fingerprint density at radius 2 is 2.05 bits per heavy atom. The van der Waals surface area contributed by atoms with Crippen LogP contribution in [0.3, 0.4) is 0 Å². The van der Waals surface area contributed by atoms with Crippen molar-refractivity contribution in [3.63, 3.8) is 0 Å². The molecule has 1 aromatic rings. The molecule has 1 amide bonds. The Balaban J connectivity index is 2.14. The lowest BCUT2D eigenvalue weighted by Gasteiger charge is -2.17. The van der Waals surface area contributed by atoms with E-state index in [-0.39, 0.29) is 16.8 Å². The summed E-state index contributed by atoms with van der Waals surface area (Å²) in [6, 6.07) is 4.11. The Morgan fingerprint density at radius 1 is 1.38 bits per heavy atom. The maximum atomic E-state index is 11.9. The van der Waals surface area contributed by atoms with Gasteiger partial charge in [0.25, 0.3) is 0 Å². The minimum atomic E-state index is -3.55. The van der Waals surface area contributed by atoms with Gasteiger partial charge in [-0.25, -0.2) is 13.1 Å². The van der Waals surface area contributed by atoms with Crippen LogP contribution in [0.5, 0.6) is 0 Å². The first-order valence-corrected chi connectivity index (χ1v) is 8.22. The molecule has 1 aliphatic rings. The number of benzene rings is 1. The number of rotatable bonds is 6. The van der Waals surface area contributed by atoms with Crippen LogP contribution in [0.25, 0.3) is 0 Å². The van der Waals surface area contributed by atoms with Crippen molar-refractivity contribution in [1.82, 2.24) is 10.0 Å². The van der Waals surface area contributed by atoms with Crippen LogP contribution in [0, 0.1) is 0 Å². The van der Waals surface area contributed by atoms with Crippen molar-refractivity contribution < 1.29 is 13.2 Å². The van der Waals surface area contributed by atoms with Gasteiger partial charge in [0.15, 0.2) is 0 Å². The number of nitrogens with one attached hydrogen (secondary N) is 3. The Bertz CT molecular complexity index is 641. The van der Waals surface area contributed by atoms with Gasteiger partial charge in [-0.1, -0.05) is 0 Å². The number of nitrogen functional groups attached to an aromatic ring is 1. The van der Waals surface area contributed by atoms with E-state index in [2.05, 4.69) is 15.4 Å². The highest BCUT2D eigenvalue weighted by molar-refractivity contribution is 7.89. The summed E-state index contributed by atoms with van der Waals surface area (Å²) < 4.78 is 25.8. The van der Waals surface area contributed by atoms with E-state index in [1.807, 2.05) is 0 Å². The van der Waals surface area contributed by atoms with Gasteiger partial charge < -0.3 is 16.4 Å². The molecule has 0 bridgehead atoms. The van der Waals surface area contributed by atoms with Gasteiger partial charge in [-0.3, -0.25) is 4.79 Å². The van der Waals surface area contributed by atoms with Crippen LogP contribution < -0.4 is 21.1 Å². The highest BCUT2D eigenvalue weighted by Gasteiger charge is 2.26. The van der Waals surface area contributed by atoms with Gasteiger partial charge in [-0.15, -0.1) is 0 Å². The Hall–Kier alpha value is -1.80. The van der Waals surface area contributed by atoms with E-state index in [1.165, 1.54) is 25.2 Å². The summed E-state index contributed by atoms with van der Waals surface area (Å²) in [5, 5.41) is 5.83. The third kappa shape index (κ3) is 3.85. The third-order valence-corrected chi connectivity index (χ3v) is 4.70. The zero-order chi connectivity index (χ0) is 15.6. The molecule has 8 heteroatoms. The van der Waals surface area contributed by atoms with Gasteiger partial charge >= 0.3 is 0 Å². The molecule has 7 nitrogen and oxygen atoms in total. The lowest BCUT2D eigenvalue weighted by molar-refractivity contribution is -0.121. The maximum absolute atomic E-state index is 11.9. The van der Waals surface area contributed by atoms with Crippen LogP contribution >= 0.6 is 0 Å². The molecule has 1 aromatic carbocycles. The van der Waals surface area contributed by atoms with Crippen molar-refractivity contribution in [2.75, 3.05) is 18.1 Å². The third-order valence-electron chi connectivity index (χ3n) is 3.29. The minimum Gasteiger partial charge on any atom is -0.397 e. The second kappa shape index (κ2) is 5.90. The van der Waals surface area contributed by atoms with E-state index < -0.39 is 16.1 Å². The SMILES string of the molecule is CNS(=O)(=O)c1ccc(N)c(NC(C)C(=O)NC2CC2)c1. The fourth-order valence-corrected chi connectivity index (χ4v) is 2.55. The summed E-state index contributed by atoms with van der Waals surface area (Å²) >= 11 is 0. The van der Waals surface area contributed by atoms with Crippen molar-refractivity contribution in [3.8, 4) is 0 Å². The number of hydrogen-bond acceptors (Lipinski definition) is 5. The van der Waals surface area contributed by atoms with Crippen LogP contribution in [0.2, 0.25) is 0 Å². The van der Waals surface area contributed by atoms with Crippen LogP contribution in [0.4, 0.5) is 11.4 Å². The van der Waals surface area contributed by atoms with Gasteiger partial charge in [-0.2, -0.15) is 0 Å². The average molecular weight is 312 g/mol. The molecular formula is C13H20N4O3S. The molecule has 1 saturated carbocycles. The maximum Gasteiger partial charge on any atom is 0.242 e.